The fourth-order valence-electron chi connectivity index (χ4n) is 3.11. The zero-order chi connectivity index (χ0) is 17.5. The molecule has 0 aromatic carbocycles. The van der Waals surface area contributed by atoms with Gasteiger partial charge in [-0.2, -0.15) is 0 Å². The molecule has 1 atom stereocenters. The Kier molecular flexibility index (Phi) is 6.62. The van der Waals surface area contributed by atoms with Crippen molar-refractivity contribution in [2.75, 3.05) is 45.8 Å². The number of nitrogens with two attached hydrogens (primary N) is 1. The summed E-state index contributed by atoms with van der Waals surface area (Å²) in [4.78, 5) is 43.4. The number of nitrogens with zero attached hydrogens (tertiary/aromatic N) is 2. The number of piperazine rings is 1. The first-order valence-corrected chi connectivity index (χ1v) is 8.54. The molecule has 132 valence electrons. The third-order valence-corrected chi connectivity index (χ3v) is 4.44. The SMILES string of the molecule is C=CCN1C(=O)NC(=O)C(C(CC)=NCC[NH+]2CC[NH2+]CC2)C1=O. The number of barbiturate groups is 1. The molecule has 2 rings (SSSR count). The maximum absolute atomic E-state index is 12.5. The van der Waals surface area contributed by atoms with E-state index >= 15 is 0 Å². The van der Waals surface area contributed by atoms with E-state index in [4.69, 9.17) is 0 Å². The number of amides is 4. The summed E-state index contributed by atoms with van der Waals surface area (Å²) in [5.74, 6) is -2.09. The Hall–Kier alpha value is -2.06. The Labute approximate surface area is 142 Å². The Morgan fingerprint density at radius 3 is 2.75 bits per heavy atom. The second kappa shape index (κ2) is 8.70. The number of carbonyl (C=O) groups excluding carboxylic acids is 3. The lowest BCUT2D eigenvalue weighted by Gasteiger charge is -2.30. The van der Waals surface area contributed by atoms with Crippen LogP contribution in [0.4, 0.5) is 4.79 Å². The second-order valence-electron chi connectivity index (χ2n) is 6.06. The minimum Gasteiger partial charge on any atom is -0.337 e. The topological polar surface area (TPSA) is 99.9 Å². The van der Waals surface area contributed by atoms with E-state index in [2.05, 4.69) is 22.2 Å². The van der Waals surface area contributed by atoms with Crippen molar-refractivity contribution in [3.63, 3.8) is 0 Å². The summed E-state index contributed by atoms with van der Waals surface area (Å²) in [7, 11) is 0. The molecular formula is C16H27N5O3+2. The first-order chi connectivity index (χ1) is 11.6. The lowest BCUT2D eigenvalue weighted by atomic mass is 9.96. The third kappa shape index (κ3) is 4.27. The number of quaternary nitrogens is 2. The summed E-state index contributed by atoms with van der Waals surface area (Å²) in [5.41, 5.74) is 0.544. The van der Waals surface area contributed by atoms with Crippen molar-refractivity contribution in [1.29, 1.82) is 0 Å². The summed E-state index contributed by atoms with van der Waals surface area (Å²) >= 11 is 0. The molecule has 0 radical (unpaired) electrons. The molecule has 8 heteroatoms. The van der Waals surface area contributed by atoms with Gasteiger partial charge in [0.05, 0.1) is 13.1 Å². The average Bonchev–Trinajstić information content (AvgIpc) is 2.58. The molecule has 0 spiro atoms. The van der Waals surface area contributed by atoms with Crippen LogP contribution in [0, 0.1) is 5.92 Å². The van der Waals surface area contributed by atoms with Crippen LogP contribution in [-0.4, -0.2) is 74.3 Å². The van der Waals surface area contributed by atoms with E-state index in [0.717, 1.165) is 37.6 Å². The number of urea groups is 1. The van der Waals surface area contributed by atoms with Crippen molar-refractivity contribution in [2.24, 2.45) is 10.9 Å². The zero-order valence-corrected chi connectivity index (χ0v) is 14.2. The highest BCUT2D eigenvalue weighted by atomic mass is 16.2. The Balaban J connectivity index is 2.04. The zero-order valence-electron chi connectivity index (χ0n) is 14.2. The van der Waals surface area contributed by atoms with Crippen molar-refractivity contribution in [1.82, 2.24) is 10.2 Å². The van der Waals surface area contributed by atoms with Gasteiger partial charge >= 0.3 is 6.03 Å². The molecule has 0 bridgehead atoms. The molecule has 2 aliphatic heterocycles. The number of nitrogens with one attached hydrogen (secondary N) is 2. The van der Waals surface area contributed by atoms with Crippen molar-refractivity contribution >= 4 is 23.6 Å². The number of hydrogen-bond acceptors (Lipinski definition) is 4. The molecule has 4 N–H and O–H groups in total. The lowest BCUT2D eigenvalue weighted by molar-refractivity contribution is -0.945. The number of aliphatic imine (C=N–C) groups is 1. The van der Waals surface area contributed by atoms with Crippen LogP contribution < -0.4 is 15.5 Å². The van der Waals surface area contributed by atoms with E-state index in [1.54, 1.807) is 0 Å². The van der Waals surface area contributed by atoms with Crippen LogP contribution in [0.3, 0.4) is 0 Å². The van der Waals surface area contributed by atoms with Crippen molar-refractivity contribution in [3.8, 4) is 0 Å². The molecule has 0 saturated carbocycles. The van der Waals surface area contributed by atoms with Gasteiger partial charge in [0, 0.05) is 12.3 Å². The van der Waals surface area contributed by atoms with Gasteiger partial charge in [-0.25, -0.2) is 4.79 Å². The fraction of sp³-hybridized carbons (Fsp3) is 0.625. The van der Waals surface area contributed by atoms with Crippen LogP contribution in [0.2, 0.25) is 0 Å². The highest BCUT2D eigenvalue weighted by Crippen LogP contribution is 2.14. The highest BCUT2D eigenvalue weighted by molar-refractivity contribution is 6.27. The predicted octanol–water partition coefficient (Wildman–Crippen LogP) is -2.82. The van der Waals surface area contributed by atoms with Crippen molar-refractivity contribution < 1.29 is 24.6 Å². The predicted molar refractivity (Wildman–Crippen MR) is 88.8 cm³/mol. The number of imide groups is 2. The van der Waals surface area contributed by atoms with Crippen LogP contribution in [0.5, 0.6) is 0 Å². The lowest BCUT2D eigenvalue weighted by Crippen LogP contribution is -3.20. The average molecular weight is 337 g/mol. The first-order valence-electron chi connectivity index (χ1n) is 8.54. The molecule has 2 heterocycles. The Morgan fingerprint density at radius 2 is 2.12 bits per heavy atom. The summed E-state index contributed by atoms with van der Waals surface area (Å²) in [6, 6.07) is -0.689. The van der Waals surface area contributed by atoms with Gasteiger partial charge in [0.15, 0.2) is 5.92 Å². The summed E-state index contributed by atoms with van der Waals surface area (Å²) < 4.78 is 0. The van der Waals surface area contributed by atoms with Crippen LogP contribution >= 0.6 is 0 Å². The van der Waals surface area contributed by atoms with E-state index in [0.29, 0.717) is 18.7 Å². The van der Waals surface area contributed by atoms with Crippen molar-refractivity contribution in [2.45, 2.75) is 13.3 Å². The molecule has 0 aromatic heterocycles. The molecule has 2 aliphatic rings. The van der Waals surface area contributed by atoms with Gasteiger partial charge in [-0.05, 0) is 6.42 Å². The van der Waals surface area contributed by atoms with E-state index in [-0.39, 0.29) is 6.54 Å². The van der Waals surface area contributed by atoms with Gasteiger partial charge < -0.3 is 10.2 Å². The number of hydrogen-bond donors (Lipinski definition) is 3. The Bertz CT molecular complexity index is 540. The van der Waals surface area contributed by atoms with Gasteiger partial charge in [0.2, 0.25) is 11.8 Å². The normalized spacial score (nSPS) is 23.4. The molecule has 4 amide bonds. The second-order valence-corrected chi connectivity index (χ2v) is 6.06. The van der Waals surface area contributed by atoms with Gasteiger partial charge in [-0.15, -0.1) is 6.58 Å². The monoisotopic (exact) mass is 337 g/mol. The van der Waals surface area contributed by atoms with Crippen LogP contribution in [0.1, 0.15) is 13.3 Å². The smallest absolute Gasteiger partial charge is 0.331 e. The standard InChI is InChI=1S/C16H25N5O3/c1-3-8-21-15(23)13(14(22)19-16(21)24)12(4-2)18-7-11-20-9-5-17-6-10-20/h3,13,17H,1,4-11H2,2H3,(H,19,22,24)/p+2. The van der Waals surface area contributed by atoms with Gasteiger partial charge in [0.1, 0.15) is 26.2 Å². The maximum atomic E-state index is 12.5. The molecular weight excluding hydrogens is 310 g/mol. The van der Waals surface area contributed by atoms with E-state index in [1.165, 1.54) is 11.0 Å². The van der Waals surface area contributed by atoms with Crippen LogP contribution in [0.25, 0.3) is 0 Å². The Morgan fingerprint density at radius 1 is 1.42 bits per heavy atom. The van der Waals surface area contributed by atoms with E-state index in [1.807, 2.05) is 6.92 Å². The van der Waals surface area contributed by atoms with E-state index in [9.17, 15) is 14.4 Å². The summed E-state index contributed by atoms with van der Waals surface area (Å²) in [6.45, 7) is 11.5. The summed E-state index contributed by atoms with van der Waals surface area (Å²) in [6.07, 6.45) is 1.97. The van der Waals surface area contributed by atoms with Gasteiger partial charge in [-0.1, -0.05) is 13.0 Å². The van der Waals surface area contributed by atoms with Crippen molar-refractivity contribution in [3.05, 3.63) is 12.7 Å². The van der Waals surface area contributed by atoms with Crippen LogP contribution in [-0.2, 0) is 9.59 Å². The first kappa shape index (κ1) is 18.3. The number of carbonyl (C=O) groups is 3. The minimum atomic E-state index is -1.00. The molecule has 2 fully saturated rings. The van der Waals surface area contributed by atoms with Crippen LogP contribution in [0.15, 0.2) is 17.6 Å². The maximum Gasteiger partial charge on any atom is 0.331 e. The van der Waals surface area contributed by atoms with Gasteiger partial charge in [-0.3, -0.25) is 24.8 Å². The molecule has 24 heavy (non-hydrogen) atoms. The molecule has 0 aliphatic carbocycles. The third-order valence-electron chi connectivity index (χ3n) is 4.44. The number of rotatable bonds is 7. The summed E-state index contributed by atoms with van der Waals surface area (Å²) in [5, 5.41) is 4.54. The van der Waals surface area contributed by atoms with Gasteiger partial charge in [0.25, 0.3) is 0 Å². The molecule has 1 unspecified atom stereocenters. The fourth-order valence-corrected chi connectivity index (χ4v) is 3.11. The molecule has 8 nitrogen and oxygen atoms in total. The minimum absolute atomic E-state index is 0.0832. The van der Waals surface area contributed by atoms with E-state index < -0.39 is 23.8 Å². The molecule has 2 saturated heterocycles. The molecule has 0 aromatic rings. The highest BCUT2D eigenvalue weighted by Gasteiger charge is 2.42. The largest absolute Gasteiger partial charge is 0.337 e. The quantitative estimate of drug-likeness (QED) is 0.265.